The van der Waals surface area contributed by atoms with E-state index in [2.05, 4.69) is 21.2 Å². The number of anilines is 1. The van der Waals surface area contributed by atoms with Gasteiger partial charge in [-0.15, -0.1) is 0 Å². The summed E-state index contributed by atoms with van der Waals surface area (Å²) < 4.78 is 0.814. The van der Waals surface area contributed by atoms with Gasteiger partial charge in [-0.05, 0) is 47.0 Å². The third-order valence-corrected chi connectivity index (χ3v) is 5.20. The Bertz CT molecular complexity index is 485. The molecule has 0 unspecified atom stereocenters. The second-order valence-corrected chi connectivity index (χ2v) is 6.73. The fourth-order valence-corrected chi connectivity index (χ4v) is 3.29. The zero-order valence-electron chi connectivity index (χ0n) is 11.4. The van der Waals surface area contributed by atoms with Crippen molar-refractivity contribution in [2.24, 2.45) is 5.73 Å². The van der Waals surface area contributed by atoms with Crippen LogP contribution in [-0.2, 0) is 4.79 Å². The van der Waals surface area contributed by atoms with Crippen LogP contribution >= 0.6 is 27.5 Å². The van der Waals surface area contributed by atoms with Crippen LogP contribution in [0, 0.1) is 0 Å². The van der Waals surface area contributed by atoms with Crippen molar-refractivity contribution in [2.75, 3.05) is 5.32 Å². The summed E-state index contributed by atoms with van der Waals surface area (Å²) in [5.74, 6) is -0.259. The molecule has 0 spiro atoms. The number of nitrogens with one attached hydrogen (secondary N) is 1. The summed E-state index contributed by atoms with van der Waals surface area (Å²) in [7, 11) is 0. The van der Waals surface area contributed by atoms with Crippen LogP contribution in [0.4, 0.5) is 5.69 Å². The lowest BCUT2D eigenvalue weighted by molar-refractivity contribution is -0.123. The van der Waals surface area contributed by atoms with E-state index in [0.717, 1.165) is 35.8 Å². The van der Waals surface area contributed by atoms with Gasteiger partial charge in [-0.25, -0.2) is 0 Å². The lowest BCUT2D eigenvalue weighted by atomic mass is 9.83. The molecule has 1 aromatic rings. The Balaban J connectivity index is 2.22. The van der Waals surface area contributed by atoms with Gasteiger partial charge >= 0.3 is 0 Å². The van der Waals surface area contributed by atoms with Crippen molar-refractivity contribution < 1.29 is 4.79 Å². The Morgan fingerprint density at radius 1 is 1.20 bits per heavy atom. The number of hydrogen-bond acceptors (Lipinski definition) is 2. The summed E-state index contributed by atoms with van der Waals surface area (Å²) in [6.45, 7) is 0. The van der Waals surface area contributed by atoms with Crippen LogP contribution in [0.15, 0.2) is 22.7 Å². The average molecular weight is 360 g/mol. The molecule has 3 N–H and O–H groups in total. The average Bonchev–Trinajstić information content (AvgIpc) is 2.37. The molecule has 1 aliphatic carbocycles. The normalized spacial score (nSPS) is 18.9. The van der Waals surface area contributed by atoms with Crippen LogP contribution in [0.2, 0.25) is 5.02 Å². The number of carbonyl (C=O) groups is 1. The van der Waals surface area contributed by atoms with Crippen LogP contribution in [0.25, 0.3) is 0 Å². The topological polar surface area (TPSA) is 55.1 Å². The summed E-state index contributed by atoms with van der Waals surface area (Å²) in [4.78, 5) is 12.0. The first kappa shape index (κ1) is 15.6. The number of halogens is 2. The van der Waals surface area contributed by atoms with Gasteiger partial charge in [0.05, 0.1) is 5.02 Å². The number of benzene rings is 1. The number of amides is 1. The third kappa shape index (κ3) is 3.67. The highest BCUT2D eigenvalue weighted by Gasteiger charge is 2.36. The van der Waals surface area contributed by atoms with Gasteiger partial charge in [0.25, 0.3) is 0 Å². The molecule has 1 fully saturated rings. The molecule has 0 aliphatic heterocycles. The molecule has 2 rings (SSSR count). The lowest BCUT2D eigenvalue weighted by Gasteiger charge is -2.34. The first-order valence-corrected chi connectivity index (χ1v) is 8.24. The van der Waals surface area contributed by atoms with Crippen LogP contribution in [-0.4, -0.2) is 11.4 Å². The predicted octanol–water partition coefficient (Wildman–Crippen LogP) is 4.48. The van der Waals surface area contributed by atoms with E-state index >= 15 is 0 Å². The van der Waals surface area contributed by atoms with Crippen LogP contribution in [0.5, 0.6) is 0 Å². The van der Waals surface area contributed by atoms with E-state index in [-0.39, 0.29) is 5.91 Å². The van der Waals surface area contributed by atoms with E-state index in [1.54, 1.807) is 0 Å². The highest BCUT2D eigenvalue weighted by atomic mass is 79.9. The Morgan fingerprint density at radius 3 is 2.35 bits per heavy atom. The predicted molar refractivity (Wildman–Crippen MR) is 87.0 cm³/mol. The number of nitrogens with two attached hydrogens (primary N) is 1. The number of primary amides is 1. The van der Waals surface area contributed by atoms with Crippen LogP contribution < -0.4 is 11.1 Å². The molecule has 0 saturated heterocycles. The first-order chi connectivity index (χ1) is 9.53. The number of rotatable bonds is 3. The molecule has 0 aromatic heterocycles. The summed E-state index contributed by atoms with van der Waals surface area (Å²) >= 11 is 9.41. The largest absolute Gasteiger partial charge is 0.371 e. The molecule has 110 valence electrons. The van der Waals surface area contributed by atoms with E-state index in [4.69, 9.17) is 17.3 Å². The molecule has 3 nitrogen and oxygen atoms in total. The quantitative estimate of drug-likeness (QED) is 0.836. The van der Waals surface area contributed by atoms with Crippen molar-refractivity contribution in [1.29, 1.82) is 0 Å². The second kappa shape index (κ2) is 6.81. The van der Waals surface area contributed by atoms with Crippen LogP contribution in [0.1, 0.15) is 44.9 Å². The van der Waals surface area contributed by atoms with E-state index in [1.807, 2.05) is 18.2 Å². The molecule has 0 bridgehead atoms. The monoisotopic (exact) mass is 358 g/mol. The number of carbonyl (C=O) groups excluding carboxylic acids is 1. The van der Waals surface area contributed by atoms with E-state index in [0.29, 0.717) is 5.02 Å². The van der Waals surface area contributed by atoms with Gasteiger partial charge in [0.15, 0.2) is 0 Å². The van der Waals surface area contributed by atoms with Crippen molar-refractivity contribution in [2.45, 2.75) is 50.5 Å². The van der Waals surface area contributed by atoms with Crippen molar-refractivity contribution in [3.8, 4) is 0 Å². The molecule has 0 atom stereocenters. The molecule has 5 heteroatoms. The molecule has 0 radical (unpaired) electrons. The smallest absolute Gasteiger partial charge is 0.243 e. The maximum Gasteiger partial charge on any atom is 0.243 e. The molecule has 1 saturated carbocycles. The zero-order valence-corrected chi connectivity index (χ0v) is 13.8. The van der Waals surface area contributed by atoms with Gasteiger partial charge < -0.3 is 11.1 Å². The summed E-state index contributed by atoms with van der Waals surface area (Å²) in [5, 5.41) is 4.02. The first-order valence-electron chi connectivity index (χ1n) is 7.07. The van der Waals surface area contributed by atoms with Gasteiger partial charge in [0, 0.05) is 10.2 Å². The van der Waals surface area contributed by atoms with Gasteiger partial charge in [-0.2, -0.15) is 0 Å². The van der Waals surface area contributed by atoms with Gasteiger partial charge in [-0.1, -0.05) is 43.7 Å². The summed E-state index contributed by atoms with van der Waals surface area (Å²) in [5.41, 5.74) is 5.94. The van der Waals surface area contributed by atoms with E-state index in [1.165, 1.54) is 19.3 Å². The fourth-order valence-electron chi connectivity index (χ4n) is 2.79. The Hall–Kier alpha value is -0.740. The van der Waals surface area contributed by atoms with E-state index < -0.39 is 5.54 Å². The molecule has 20 heavy (non-hydrogen) atoms. The Labute approximate surface area is 133 Å². The van der Waals surface area contributed by atoms with E-state index in [9.17, 15) is 4.79 Å². The molecular weight excluding hydrogens is 340 g/mol. The lowest BCUT2D eigenvalue weighted by Crippen LogP contribution is -2.50. The third-order valence-electron chi connectivity index (χ3n) is 3.98. The molecule has 0 heterocycles. The maximum absolute atomic E-state index is 12.0. The second-order valence-electron chi connectivity index (χ2n) is 5.47. The minimum atomic E-state index is -0.631. The zero-order chi connectivity index (χ0) is 14.6. The highest BCUT2D eigenvalue weighted by Crippen LogP contribution is 2.32. The van der Waals surface area contributed by atoms with Crippen LogP contribution in [0.3, 0.4) is 0 Å². The van der Waals surface area contributed by atoms with Gasteiger partial charge in [0.1, 0.15) is 5.54 Å². The summed E-state index contributed by atoms with van der Waals surface area (Å²) in [6, 6.07) is 5.59. The van der Waals surface area contributed by atoms with Crippen molar-refractivity contribution in [1.82, 2.24) is 0 Å². The SMILES string of the molecule is NC(=O)C1(Nc2ccc(Cl)c(Br)c2)CCCCCCC1. The Morgan fingerprint density at radius 2 is 1.80 bits per heavy atom. The van der Waals surface area contributed by atoms with Crippen molar-refractivity contribution in [3.63, 3.8) is 0 Å². The Kier molecular flexibility index (Phi) is 5.33. The maximum atomic E-state index is 12.0. The standard InChI is InChI=1S/C15H20BrClN2O/c16-12-10-11(6-7-13(12)17)19-15(14(18)20)8-4-2-1-3-5-9-15/h6-7,10,19H,1-5,8-9H2,(H2,18,20). The number of hydrogen-bond donors (Lipinski definition) is 2. The van der Waals surface area contributed by atoms with Crippen molar-refractivity contribution in [3.05, 3.63) is 27.7 Å². The summed E-state index contributed by atoms with van der Waals surface area (Å²) in [6.07, 6.45) is 7.24. The minimum Gasteiger partial charge on any atom is -0.371 e. The fraction of sp³-hybridized carbons (Fsp3) is 0.533. The molecule has 1 aliphatic rings. The van der Waals surface area contributed by atoms with Gasteiger partial charge in [-0.3, -0.25) is 4.79 Å². The molecular formula is C15H20BrClN2O. The minimum absolute atomic E-state index is 0.259. The highest BCUT2D eigenvalue weighted by molar-refractivity contribution is 9.10. The van der Waals surface area contributed by atoms with Crippen molar-refractivity contribution >= 4 is 39.1 Å². The van der Waals surface area contributed by atoms with Gasteiger partial charge in [0.2, 0.25) is 5.91 Å². The molecule has 1 aromatic carbocycles. The molecule has 1 amide bonds.